The minimum Gasteiger partial charge on any atom is -0.358 e. The van der Waals surface area contributed by atoms with Gasteiger partial charge in [-0.05, 0) is 25.8 Å². The van der Waals surface area contributed by atoms with Crippen molar-refractivity contribution in [3.63, 3.8) is 0 Å². The smallest absolute Gasteiger partial charge is 0.242 e. The summed E-state index contributed by atoms with van der Waals surface area (Å²) in [5, 5.41) is 6.04. The van der Waals surface area contributed by atoms with Crippen LogP contribution in [0.3, 0.4) is 0 Å². The summed E-state index contributed by atoms with van der Waals surface area (Å²) in [7, 11) is 1.65. The van der Waals surface area contributed by atoms with Gasteiger partial charge < -0.3 is 15.5 Å². The molecule has 2 heterocycles. The molecule has 0 aromatic rings. The fourth-order valence-corrected chi connectivity index (χ4v) is 3.14. The van der Waals surface area contributed by atoms with Crippen molar-refractivity contribution in [2.24, 2.45) is 0 Å². The molecule has 0 bridgehead atoms. The number of nitrogens with zero attached hydrogens (tertiary/aromatic N) is 2. The Labute approximate surface area is 120 Å². The number of rotatable bonds is 4. The SMILES string of the molecule is CCC1(C(=O)N2CCN(CC(=O)NC)CC2)CCCN1. The van der Waals surface area contributed by atoms with Crippen LogP contribution in [0.1, 0.15) is 26.2 Å². The number of carbonyl (C=O) groups is 2. The van der Waals surface area contributed by atoms with Crippen molar-refractivity contribution in [2.75, 3.05) is 46.3 Å². The molecule has 2 amide bonds. The summed E-state index contributed by atoms with van der Waals surface area (Å²) in [6, 6.07) is 0. The van der Waals surface area contributed by atoms with Gasteiger partial charge in [0.25, 0.3) is 0 Å². The Morgan fingerprint density at radius 3 is 2.45 bits per heavy atom. The average molecular weight is 282 g/mol. The van der Waals surface area contributed by atoms with Gasteiger partial charge in [0, 0.05) is 33.2 Å². The highest BCUT2D eigenvalue weighted by Crippen LogP contribution is 2.25. The molecular formula is C14H26N4O2. The normalized spacial score (nSPS) is 27.6. The number of likely N-dealkylation sites (N-methyl/N-ethyl adjacent to an activating group) is 1. The Hall–Kier alpha value is -1.14. The molecule has 6 heteroatoms. The minimum atomic E-state index is -0.330. The Balaban J connectivity index is 1.87. The van der Waals surface area contributed by atoms with Crippen LogP contribution < -0.4 is 10.6 Å². The summed E-state index contributed by atoms with van der Waals surface area (Å²) >= 11 is 0. The van der Waals surface area contributed by atoms with Crippen LogP contribution in [0, 0.1) is 0 Å². The molecule has 6 nitrogen and oxygen atoms in total. The lowest BCUT2D eigenvalue weighted by molar-refractivity contribution is -0.140. The van der Waals surface area contributed by atoms with E-state index in [1.807, 2.05) is 4.90 Å². The van der Waals surface area contributed by atoms with Gasteiger partial charge in [-0.25, -0.2) is 0 Å². The van der Waals surface area contributed by atoms with Crippen LogP contribution in [0.5, 0.6) is 0 Å². The van der Waals surface area contributed by atoms with E-state index in [0.29, 0.717) is 6.54 Å². The zero-order chi connectivity index (χ0) is 14.6. The fourth-order valence-electron chi connectivity index (χ4n) is 3.14. The summed E-state index contributed by atoms with van der Waals surface area (Å²) in [6.07, 6.45) is 2.88. The number of amides is 2. The summed E-state index contributed by atoms with van der Waals surface area (Å²) < 4.78 is 0. The van der Waals surface area contributed by atoms with Gasteiger partial charge in [-0.1, -0.05) is 6.92 Å². The first-order valence-electron chi connectivity index (χ1n) is 7.58. The van der Waals surface area contributed by atoms with Gasteiger partial charge in [0.2, 0.25) is 11.8 Å². The van der Waals surface area contributed by atoms with Crippen LogP contribution in [-0.4, -0.2) is 73.5 Å². The molecule has 1 unspecified atom stereocenters. The molecule has 2 rings (SSSR count). The maximum Gasteiger partial charge on any atom is 0.242 e. The number of hydrogen-bond donors (Lipinski definition) is 2. The molecule has 1 atom stereocenters. The maximum atomic E-state index is 12.7. The first-order valence-corrected chi connectivity index (χ1v) is 7.58. The van der Waals surface area contributed by atoms with E-state index in [-0.39, 0.29) is 17.4 Å². The van der Waals surface area contributed by atoms with Crippen LogP contribution in [-0.2, 0) is 9.59 Å². The van der Waals surface area contributed by atoms with E-state index in [1.165, 1.54) is 0 Å². The third kappa shape index (κ3) is 3.12. The van der Waals surface area contributed by atoms with Crippen LogP contribution in [0.15, 0.2) is 0 Å². The van der Waals surface area contributed by atoms with Gasteiger partial charge in [-0.3, -0.25) is 14.5 Å². The molecule has 0 saturated carbocycles. The summed E-state index contributed by atoms with van der Waals surface area (Å²) in [4.78, 5) is 28.1. The van der Waals surface area contributed by atoms with Gasteiger partial charge in [-0.15, -0.1) is 0 Å². The molecule has 2 N–H and O–H groups in total. The predicted octanol–water partition coefficient (Wildman–Crippen LogP) is -0.591. The molecule has 0 aromatic heterocycles. The van der Waals surface area contributed by atoms with Gasteiger partial charge >= 0.3 is 0 Å². The Bertz CT molecular complexity index is 358. The first kappa shape index (κ1) is 15.3. The van der Waals surface area contributed by atoms with Crippen LogP contribution >= 0.6 is 0 Å². The predicted molar refractivity (Wildman–Crippen MR) is 77.3 cm³/mol. The zero-order valence-corrected chi connectivity index (χ0v) is 12.6. The number of piperazine rings is 1. The van der Waals surface area contributed by atoms with E-state index in [2.05, 4.69) is 22.5 Å². The van der Waals surface area contributed by atoms with Gasteiger partial charge in [-0.2, -0.15) is 0 Å². The Morgan fingerprint density at radius 1 is 1.25 bits per heavy atom. The van der Waals surface area contributed by atoms with Crippen LogP contribution in [0.4, 0.5) is 0 Å². The van der Waals surface area contributed by atoms with Crippen molar-refractivity contribution in [1.29, 1.82) is 0 Å². The van der Waals surface area contributed by atoms with Crippen molar-refractivity contribution >= 4 is 11.8 Å². The molecule has 0 aromatic carbocycles. The van der Waals surface area contributed by atoms with Crippen molar-refractivity contribution < 1.29 is 9.59 Å². The van der Waals surface area contributed by atoms with Crippen molar-refractivity contribution in [3.8, 4) is 0 Å². The minimum absolute atomic E-state index is 0.0345. The zero-order valence-electron chi connectivity index (χ0n) is 12.6. The van der Waals surface area contributed by atoms with Gasteiger partial charge in [0.15, 0.2) is 0 Å². The van der Waals surface area contributed by atoms with E-state index in [9.17, 15) is 9.59 Å². The quantitative estimate of drug-likeness (QED) is 0.723. The molecule has 20 heavy (non-hydrogen) atoms. The summed E-state index contributed by atoms with van der Waals surface area (Å²) in [5.41, 5.74) is -0.330. The highest BCUT2D eigenvalue weighted by atomic mass is 16.2. The lowest BCUT2D eigenvalue weighted by Crippen LogP contribution is -2.59. The molecule has 2 fully saturated rings. The van der Waals surface area contributed by atoms with Crippen LogP contribution in [0.2, 0.25) is 0 Å². The molecule has 114 valence electrons. The second-order valence-electron chi connectivity index (χ2n) is 5.71. The fraction of sp³-hybridized carbons (Fsp3) is 0.857. The summed E-state index contributed by atoms with van der Waals surface area (Å²) in [5.74, 6) is 0.282. The topological polar surface area (TPSA) is 64.7 Å². The van der Waals surface area contributed by atoms with Crippen molar-refractivity contribution in [3.05, 3.63) is 0 Å². The first-order chi connectivity index (χ1) is 9.61. The Morgan fingerprint density at radius 2 is 1.95 bits per heavy atom. The van der Waals surface area contributed by atoms with E-state index in [0.717, 1.165) is 52.0 Å². The van der Waals surface area contributed by atoms with Gasteiger partial charge in [0.05, 0.1) is 12.1 Å². The highest BCUT2D eigenvalue weighted by Gasteiger charge is 2.42. The molecule has 2 saturated heterocycles. The lowest BCUT2D eigenvalue weighted by atomic mass is 9.92. The molecular weight excluding hydrogens is 256 g/mol. The molecule has 0 radical (unpaired) electrons. The largest absolute Gasteiger partial charge is 0.358 e. The second kappa shape index (κ2) is 6.54. The summed E-state index contributed by atoms with van der Waals surface area (Å²) in [6.45, 7) is 6.44. The van der Waals surface area contributed by atoms with E-state index in [4.69, 9.17) is 0 Å². The number of nitrogens with one attached hydrogen (secondary N) is 2. The molecule has 2 aliphatic heterocycles. The number of carbonyl (C=O) groups excluding carboxylic acids is 2. The van der Waals surface area contributed by atoms with E-state index >= 15 is 0 Å². The second-order valence-corrected chi connectivity index (χ2v) is 5.71. The number of hydrogen-bond acceptors (Lipinski definition) is 4. The third-order valence-electron chi connectivity index (χ3n) is 4.56. The van der Waals surface area contributed by atoms with Crippen molar-refractivity contribution in [1.82, 2.24) is 20.4 Å². The monoisotopic (exact) mass is 282 g/mol. The van der Waals surface area contributed by atoms with Crippen molar-refractivity contribution in [2.45, 2.75) is 31.7 Å². The molecule has 2 aliphatic rings. The highest BCUT2D eigenvalue weighted by molar-refractivity contribution is 5.87. The lowest BCUT2D eigenvalue weighted by Gasteiger charge is -2.39. The maximum absolute atomic E-state index is 12.7. The Kier molecular flexibility index (Phi) is 4.99. The van der Waals surface area contributed by atoms with E-state index in [1.54, 1.807) is 7.05 Å². The average Bonchev–Trinajstić information content (AvgIpc) is 2.97. The molecule has 0 spiro atoms. The van der Waals surface area contributed by atoms with Crippen LogP contribution in [0.25, 0.3) is 0 Å². The molecule has 0 aliphatic carbocycles. The standard InChI is InChI=1S/C14H26N4O2/c1-3-14(5-4-6-16-14)13(20)18-9-7-17(8-10-18)11-12(19)15-2/h16H,3-11H2,1-2H3,(H,15,19). The third-order valence-corrected chi connectivity index (χ3v) is 4.56. The van der Waals surface area contributed by atoms with E-state index < -0.39 is 0 Å². The van der Waals surface area contributed by atoms with Gasteiger partial charge in [0.1, 0.15) is 0 Å².